The van der Waals surface area contributed by atoms with Gasteiger partial charge in [0.2, 0.25) is 0 Å². The summed E-state index contributed by atoms with van der Waals surface area (Å²) in [5.74, 6) is 1.61. The lowest BCUT2D eigenvalue weighted by molar-refractivity contribution is -0.173. The molecular weight excluding hydrogens is 354 g/mol. The molecule has 156 valence electrons. The highest BCUT2D eigenvalue weighted by molar-refractivity contribution is 5.50. The maximum Gasteiger partial charge on any atom is 0.164 e. The van der Waals surface area contributed by atoms with Crippen molar-refractivity contribution in [3.8, 4) is 11.5 Å². The van der Waals surface area contributed by atoms with E-state index in [4.69, 9.17) is 14.2 Å². The third kappa shape index (κ3) is 4.88. The van der Waals surface area contributed by atoms with E-state index >= 15 is 0 Å². The summed E-state index contributed by atoms with van der Waals surface area (Å²) in [5.41, 5.74) is 1.60. The van der Waals surface area contributed by atoms with Crippen LogP contribution in [0.2, 0.25) is 0 Å². The Kier molecular flexibility index (Phi) is 6.69. The van der Waals surface area contributed by atoms with Gasteiger partial charge in [-0.05, 0) is 51.2 Å². The molecule has 0 radical (unpaired) electrons. The number of methoxy groups -OCH3 is 1. The number of aliphatic hydroxyl groups is 1. The fourth-order valence-corrected chi connectivity index (χ4v) is 4.60. The maximum absolute atomic E-state index is 10.5. The van der Waals surface area contributed by atoms with Crippen LogP contribution in [0.3, 0.4) is 0 Å². The van der Waals surface area contributed by atoms with E-state index in [2.05, 4.69) is 23.6 Å². The lowest BCUT2D eigenvalue weighted by Gasteiger charge is -2.48. The molecule has 0 bridgehead atoms. The van der Waals surface area contributed by atoms with Gasteiger partial charge in [-0.2, -0.15) is 0 Å². The van der Waals surface area contributed by atoms with Crippen molar-refractivity contribution in [1.29, 1.82) is 0 Å². The first-order valence-electron chi connectivity index (χ1n) is 10.4. The van der Waals surface area contributed by atoms with Crippen LogP contribution >= 0.6 is 0 Å². The first kappa shape index (κ1) is 21.2. The normalized spacial score (nSPS) is 24.9. The molecule has 2 fully saturated rings. The smallest absolute Gasteiger partial charge is 0.164 e. The van der Waals surface area contributed by atoms with Gasteiger partial charge in [0.05, 0.1) is 31.5 Å². The monoisotopic (exact) mass is 389 g/mol. The van der Waals surface area contributed by atoms with Gasteiger partial charge in [-0.15, -0.1) is 6.58 Å². The van der Waals surface area contributed by atoms with Crippen molar-refractivity contribution in [1.82, 2.24) is 4.90 Å². The van der Waals surface area contributed by atoms with Gasteiger partial charge in [-0.25, -0.2) is 0 Å². The predicted octanol–water partition coefficient (Wildman–Crippen LogP) is 3.72. The van der Waals surface area contributed by atoms with Crippen molar-refractivity contribution in [3.05, 3.63) is 35.9 Å². The molecule has 1 spiro atoms. The van der Waals surface area contributed by atoms with E-state index in [9.17, 15) is 5.11 Å². The Morgan fingerprint density at radius 1 is 1.29 bits per heavy atom. The second kappa shape index (κ2) is 8.85. The zero-order valence-corrected chi connectivity index (χ0v) is 17.6. The number of hydrogen-bond acceptors (Lipinski definition) is 5. The number of likely N-dealkylation sites (tertiary alicyclic amines) is 1. The third-order valence-corrected chi connectivity index (χ3v) is 5.99. The van der Waals surface area contributed by atoms with Crippen molar-refractivity contribution in [2.24, 2.45) is 0 Å². The highest BCUT2D eigenvalue weighted by atomic mass is 16.5. The van der Waals surface area contributed by atoms with Gasteiger partial charge in [-0.3, -0.25) is 4.90 Å². The van der Waals surface area contributed by atoms with E-state index in [1.165, 1.54) is 5.56 Å². The minimum Gasteiger partial charge on any atom is -0.493 e. The second-order valence-electron chi connectivity index (χ2n) is 8.44. The van der Waals surface area contributed by atoms with Crippen LogP contribution in [-0.4, -0.2) is 54.6 Å². The minimum absolute atomic E-state index is 0.150. The number of benzene rings is 1. The van der Waals surface area contributed by atoms with Crippen molar-refractivity contribution >= 4 is 0 Å². The fraction of sp³-hybridized carbons (Fsp3) is 0.652. The second-order valence-corrected chi connectivity index (χ2v) is 8.44. The average Bonchev–Trinajstić information content (AvgIpc) is 2.65. The Hall–Kier alpha value is -1.56. The van der Waals surface area contributed by atoms with Crippen molar-refractivity contribution in [2.45, 2.75) is 63.7 Å². The summed E-state index contributed by atoms with van der Waals surface area (Å²) in [4.78, 5) is 2.46. The van der Waals surface area contributed by atoms with E-state index in [1.54, 1.807) is 7.11 Å². The van der Waals surface area contributed by atoms with Gasteiger partial charge >= 0.3 is 0 Å². The molecule has 0 aromatic heterocycles. The van der Waals surface area contributed by atoms with Crippen molar-refractivity contribution < 1.29 is 19.3 Å². The average molecular weight is 390 g/mol. The summed E-state index contributed by atoms with van der Waals surface area (Å²) >= 11 is 0. The summed E-state index contributed by atoms with van der Waals surface area (Å²) in [7, 11) is 1.69. The van der Waals surface area contributed by atoms with Crippen LogP contribution in [0.15, 0.2) is 24.8 Å². The predicted molar refractivity (Wildman–Crippen MR) is 111 cm³/mol. The summed E-state index contributed by atoms with van der Waals surface area (Å²) in [5, 5.41) is 10.5. The Labute approximate surface area is 169 Å². The Morgan fingerprint density at radius 3 is 2.64 bits per heavy atom. The van der Waals surface area contributed by atoms with E-state index in [-0.39, 0.29) is 5.60 Å². The molecule has 2 saturated heterocycles. The summed E-state index contributed by atoms with van der Waals surface area (Å²) in [6, 6.07) is 4.30. The first-order valence-corrected chi connectivity index (χ1v) is 10.4. The topological polar surface area (TPSA) is 51.2 Å². The van der Waals surface area contributed by atoms with E-state index in [0.29, 0.717) is 13.2 Å². The van der Waals surface area contributed by atoms with Crippen LogP contribution in [0.1, 0.15) is 50.7 Å². The van der Waals surface area contributed by atoms with E-state index in [1.807, 2.05) is 19.9 Å². The third-order valence-electron chi connectivity index (χ3n) is 5.99. The molecule has 1 aromatic rings. The van der Waals surface area contributed by atoms with Gasteiger partial charge in [0, 0.05) is 31.6 Å². The molecule has 3 rings (SSSR count). The van der Waals surface area contributed by atoms with Crippen LogP contribution in [-0.2, 0) is 17.7 Å². The molecule has 0 saturated carbocycles. The lowest BCUT2D eigenvalue weighted by atomic mass is 9.78. The van der Waals surface area contributed by atoms with Gasteiger partial charge in [0.1, 0.15) is 0 Å². The van der Waals surface area contributed by atoms with E-state index in [0.717, 1.165) is 68.8 Å². The number of allylic oxidation sites excluding steroid dienone is 1. The van der Waals surface area contributed by atoms with Crippen LogP contribution in [0, 0.1) is 0 Å². The SMILES string of the molecule is C=CCc1cc(CN2CCC3(CC2)CC(C)(O)CCO3)cc(OC)c1OCC. The zero-order chi connectivity index (χ0) is 20.2. The molecule has 28 heavy (non-hydrogen) atoms. The fourth-order valence-electron chi connectivity index (χ4n) is 4.60. The molecule has 5 nitrogen and oxygen atoms in total. The maximum atomic E-state index is 10.5. The number of hydrogen-bond donors (Lipinski definition) is 1. The molecule has 5 heteroatoms. The summed E-state index contributed by atoms with van der Waals surface area (Å²) in [6.45, 7) is 11.9. The molecule has 1 aromatic carbocycles. The van der Waals surface area contributed by atoms with Crippen molar-refractivity contribution in [3.63, 3.8) is 0 Å². The summed E-state index contributed by atoms with van der Waals surface area (Å²) in [6.07, 6.45) is 6.07. The van der Waals surface area contributed by atoms with Crippen molar-refractivity contribution in [2.75, 3.05) is 33.4 Å². The molecule has 0 amide bonds. The minimum atomic E-state index is -0.595. The standard InChI is InChI=1S/C23H35NO4/c1-5-7-19-14-18(15-20(26-4)21(19)27-6-2)16-24-11-8-23(9-12-24)17-22(3,25)10-13-28-23/h5,14-15,25H,1,6-13,16-17H2,2-4H3. The van der Waals surface area contributed by atoms with Gasteiger partial charge in [0.25, 0.3) is 0 Å². The van der Waals surface area contributed by atoms with Crippen LogP contribution in [0.4, 0.5) is 0 Å². The molecule has 1 atom stereocenters. The largest absolute Gasteiger partial charge is 0.493 e. The molecule has 2 aliphatic heterocycles. The van der Waals surface area contributed by atoms with Gasteiger partial charge in [-0.1, -0.05) is 12.1 Å². The van der Waals surface area contributed by atoms with Crippen LogP contribution < -0.4 is 9.47 Å². The Morgan fingerprint density at radius 2 is 2.04 bits per heavy atom. The van der Waals surface area contributed by atoms with Gasteiger partial charge in [0.15, 0.2) is 11.5 Å². The zero-order valence-electron chi connectivity index (χ0n) is 17.6. The number of rotatable bonds is 7. The quantitative estimate of drug-likeness (QED) is 0.721. The first-order chi connectivity index (χ1) is 13.4. The molecular formula is C23H35NO4. The highest BCUT2D eigenvalue weighted by Crippen LogP contribution is 2.40. The molecule has 1 unspecified atom stereocenters. The molecule has 0 aliphatic carbocycles. The Bertz CT molecular complexity index is 677. The molecule has 1 N–H and O–H groups in total. The molecule has 2 heterocycles. The lowest BCUT2D eigenvalue weighted by Crippen LogP contribution is -2.53. The van der Waals surface area contributed by atoms with Crippen LogP contribution in [0.5, 0.6) is 11.5 Å². The Balaban J connectivity index is 1.69. The summed E-state index contributed by atoms with van der Waals surface area (Å²) < 4.78 is 17.6. The van der Waals surface area contributed by atoms with E-state index < -0.39 is 5.60 Å². The number of nitrogens with zero attached hydrogens (tertiary/aromatic N) is 1. The van der Waals surface area contributed by atoms with Crippen LogP contribution in [0.25, 0.3) is 0 Å². The number of piperidine rings is 1. The van der Waals surface area contributed by atoms with Gasteiger partial charge < -0.3 is 19.3 Å². The number of ether oxygens (including phenoxy) is 3. The highest BCUT2D eigenvalue weighted by Gasteiger charge is 2.44. The molecule has 2 aliphatic rings.